The molecule has 8 heteroatoms. The van der Waals surface area contributed by atoms with Crippen LogP contribution in [0.4, 0.5) is 5.95 Å². The van der Waals surface area contributed by atoms with Crippen molar-refractivity contribution < 1.29 is 14.9 Å². The molecule has 3 heterocycles. The minimum atomic E-state index is -1.43. The molecule has 0 bridgehead atoms. The number of anilines is 1. The van der Waals surface area contributed by atoms with E-state index < -0.39 is 12.2 Å². The van der Waals surface area contributed by atoms with Gasteiger partial charge in [0, 0.05) is 34.5 Å². The number of rotatable bonds is 5. The average Bonchev–Trinajstić information content (AvgIpc) is 2.97. The standard InChI is InChI=1S/C19H25N5O3/c1-10-6-21-14(11(2)16(10)27-5)8-24-7-13(19(4,26)9-25)15-12(3)22-18(20)23-17(15)24/h6-7,25-26H,8-9H2,1-5H3,(H2,20,22,23)/t19-/m0/s1. The number of aryl methyl sites for hydroxylation is 2. The van der Waals surface area contributed by atoms with E-state index in [0.717, 1.165) is 22.6 Å². The number of methoxy groups -OCH3 is 1. The van der Waals surface area contributed by atoms with Gasteiger partial charge in [0.05, 0.1) is 31.6 Å². The summed E-state index contributed by atoms with van der Waals surface area (Å²) in [6, 6.07) is 0. The number of pyridine rings is 1. The summed E-state index contributed by atoms with van der Waals surface area (Å²) >= 11 is 0. The maximum absolute atomic E-state index is 10.7. The second kappa shape index (κ2) is 6.79. The molecular formula is C19H25N5O3. The maximum Gasteiger partial charge on any atom is 0.222 e. The Morgan fingerprint density at radius 1 is 1.26 bits per heavy atom. The lowest BCUT2D eigenvalue weighted by Crippen LogP contribution is -2.25. The van der Waals surface area contributed by atoms with Crippen LogP contribution in [0.25, 0.3) is 11.0 Å². The highest BCUT2D eigenvalue weighted by atomic mass is 16.5. The van der Waals surface area contributed by atoms with Crippen LogP contribution in [0.1, 0.15) is 35.0 Å². The van der Waals surface area contributed by atoms with E-state index in [1.165, 1.54) is 0 Å². The van der Waals surface area contributed by atoms with Gasteiger partial charge >= 0.3 is 0 Å². The number of fused-ring (bicyclic) bond motifs is 1. The molecule has 0 saturated carbocycles. The first kappa shape index (κ1) is 19.1. The van der Waals surface area contributed by atoms with Crippen LogP contribution < -0.4 is 10.5 Å². The Hall–Kier alpha value is -2.71. The third kappa shape index (κ3) is 3.22. The van der Waals surface area contributed by atoms with E-state index in [1.54, 1.807) is 33.4 Å². The second-order valence-electron chi connectivity index (χ2n) is 7.01. The molecule has 3 aromatic rings. The van der Waals surface area contributed by atoms with E-state index in [9.17, 15) is 10.2 Å². The van der Waals surface area contributed by atoms with Gasteiger partial charge in [-0.2, -0.15) is 4.98 Å². The van der Waals surface area contributed by atoms with E-state index in [4.69, 9.17) is 10.5 Å². The first-order valence-corrected chi connectivity index (χ1v) is 8.65. The van der Waals surface area contributed by atoms with Crippen molar-refractivity contribution in [2.24, 2.45) is 0 Å². The van der Waals surface area contributed by atoms with Gasteiger partial charge in [0.1, 0.15) is 17.0 Å². The van der Waals surface area contributed by atoms with Crippen LogP contribution in [-0.4, -0.2) is 43.4 Å². The van der Waals surface area contributed by atoms with Gasteiger partial charge < -0.3 is 25.3 Å². The van der Waals surface area contributed by atoms with E-state index in [0.29, 0.717) is 28.8 Å². The largest absolute Gasteiger partial charge is 0.496 e. The Morgan fingerprint density at radius 3 is 2.59 bits per heavy atom. The van der Waals surface area contributed by atoms with Crippen molar-refractivity contribution in [1.82, 2.24) is 19.5 Å². The molecule has 0 radical (unpaired) electrons. The summed E-state index contributed by atoms with van der Waals surface area (Å²) in [4.78, 5) is 13.1. The zero-order chi connectivity index (χ0) is 19.9. The minimum absolute atomic E-state index is 0.153. The van der Waals surface area contributed by atoms with Crippen molar-refractivity contribution in [2.75, 3.05) is 19.5 Å². The van der Waals surface area contributed by atoms with Crippen molar-refractivity contribution in [3.8, 4) is 5.75 Å². The molecule has 0 spiro atoms. The van der Waals surface area contributed by atoms with E-state index >= 15 is 0 Å². The fraction of sp³-hybridized carbons (Fsp3) is 0.421. The maximum atomic E-state index is 10.7. The third-order valence-electron chi connectivity index (χ3n) is 4.87. The number of nitrogen functional groups attached to an aromatic ring is 1. The molecule has 0 aliphatic rings. The van der Waals surface area contributed by atoms with Crippen LogP contribution >= 0.6 is 0 Å². The molecule has 1 atom stereocenters. The Morgan fingerprint density at radius 2 is 1.96 bits per heavy atom. The molecule has 8 nitrogen and oxygen atoms in total. The van der Waals surface area contributed by atoms with Crippen molar-refractivity contribution in [1.29, 1.82) is 0 Å². The highest BCUT2D eigenvalue weighted by Gasteiger charge is 2.29. The van der Waals surface area contributed by atoms with Gasteiger partial charge in [-0.15, -0.1) is 0 Å². The van der Waals surface area contributed by atoms with Crippen molar-refractivity contribution >= 4 is 17.0 Å². The number of aromatic nitrogens is 4. The molecule has 3 aromatic heterocycles. The van der Waals surface area contributed by atoms with Crippen LogP contribution in [0.2, 0.25) is 0 Å². The summed E-state index contributed by atoms with van der Waals surface area (Å²) in [7, 11) is 1.64. The Kier molecular flexibility index (Phi) is 4.79. The normalized spacial score (nSPS) is 13.7. The van der Waals surface area contributed by atoms with Gasteiger partial charge in [-0.25, -0.2) is 4.98 Å². The fourth-order valence-electron chi connectivity index (χ4n) is 3.39. The van der Waals surface area contributed by atoms with Crippen molar-refractivity contribution in [3.63, 3.8) is 0 Å². The number of aliphatic hydroxyl groups is 2. The van der Waals surface area contributed by atoms with Crippen molar-refractivity contribution in [2.45, 2.75) is 39.8 Å². The molecule has 0 aromatic carbocycles. The second-order valence-corrected chi connectivity index (χ2v) is 7.01. The average molecular weight is 371 g/mol. The van der Waals surface area contributed by atoms with Gasteiger partial charge in [-0.3, -0.25) is 4.98 Å². The SMILES string of the molecule is COc1c(C)cnc(Cn2cc([C@@](C)(O)CO)c3c(C)nc(N)nc32)c1C. The lowest BCUT2D eigenvalue weighted by atomic mass is 9.97. The number of hydrogen-bond acceptors (Lipinski definition) is 7. The first-order valence-electron chi connectivity index (χ1n) is 8.65. The number of hydrogen-bond donors (Lipinski definition) is 3. The summed E-state index contributed by atoms with van der Waals surface area (Å²) in [5, 5.41) is 21.0. The van der Waals surface area contributed by atoms with E-state index in [2.05, 4.69) is 15.0 Å². The Labute approximate surface area is 157 Å². The zero-order valence-electron chi connectivity index (χ0n) is 16.2. The number of nitrogens with two attached hydrogens (primary N) is 1. The summed E-state index contributed by atoms with van der Waals surface area (Å²) in [6.07, 6.45) is 3.54. The molecular weight excluding hydrogens is 346 g/mol. The van der Waals surface area contributed by atoms with Gasteiger partial charge in [0.25, 0.3) is 0 Å². The lowest BCUT2D eigenvalue weighted by molar-refractivity contribution is -0.00122. The molecule has 0 amide bonds. The summed E-state index contributed by atoms with van der Waals surface area (Å²) in [6.45, 7) is 7.25. The van der Waals surface area contributed by atoms with E-state index in [1.807, 2.05) is 18.4 Å². The summed E-state index contributed by atoms with van der Waals surface area (Å²) in [5.41, 5.74) is 8.92. The van der Waals surface area contributed by atoms with Gasteiger partial charge in [-0.05, 0) is 27.7 Å². The molecule has 0 fully saturated rings. The molecule has 3 rings (SSSR count). The zero-order valence-corrected chi connectivity index (χ0v) is 16.2. The van der Waals surface area contributed by atoms with Crippen LogP contribution in [0.3, 0.4) is 0 Å². The topological polar surface area (TPSA) is 119 Å². The third-order valence-corrected chi connectivity index (χ3v) is 4.87. The molecule has 144 valence electrons. The van der Waals surface area contributed by atoms with Crippen molar-refractivity contribution in [3.05, 3.63) is 40.5 Å². The van der Waals surface area contributed by atoms with Crippen LogP contribution in [0, 0.1) is 20.8 Å². The molecule has 0 saturated heterocycles. The van der Waals surface area contributed by atoms with E-state index in [-0.39, 0.29) is 5.95 Å². The number of ether oxygens (including phenoxy) is 1. The summed E-state index contributed by atoms with van der Waals surface area (Å²) in [5.74, 6) is 0.949. The predicted molar refractivity (Wildman–Crippen MR) is 103 cm³/mol. The Bertz CT molecular complexity index is 1010. The quantitative estimate of drug-likeness (QED) is 0.623. The monoisotopic (exact) mass is 371 g/mol. The first-order chi connectivity index (χ1) is 12.7. The number of nitrogens with zero attached hydrogens (tertiary/aromatic N) is 4. The number of aliphatic hydroxyl groups excluding tert-OH is 1. The molecule has 4 N–H and O–H groups in total. The smallest absolute Gasteiger partial charge is 0.222 e. The fourth-order valence-corrected chi connectivity index (χ4v) is 3.39. The lowest BCUT2D eigenvalue weighted by Gasteiger charge is -2.20. The predicted octanol–water partition coefficient (Wildman–Crippen LogP) is 1.59. The Balaban J connectivity index is 2.21. The molecule has 0 aliphatic carbocycles. The summed E-state index contributed by atoms with van der Waals surface area (Å²) < 4.78 is 7.35. The van der Waals surface area contributed by atoms with Gasteiger partial charge in [-0.1, -0.05) is 0 Å². The molecule has 0 aliphatic heterocycles. The molecule has 0 unspecified atom stereocenters. The highest BCUT2D eigenvalue weighted by molar-refractivity contribution is 5.84. The molecule has 27 heavy (non-hydrogen) atoms. The van der Waals surface area contributed by atoms with Crippen LogP contribution in [0.15, 0.2) is 12.4 Å². The minimum Gasteiger partial charge on any atom is -0.496 e. The van der Waals surface area contributed by atoms with Gasteiger partial charge in [0.2, 0.25) is 5.95 Å². The van der Waals surface area contributed by atoms with Crippen LogP contribution in [0.5, 0.6) is 5.75 Å². The van der Waals surface area contributed by atoms with Crippen LogP contribution in [-0.2, 0) is 12.1 Å². The van der Waals surface area contributed by atoms with Gasteiger partial charge in [0.15, 0.2) is 0 Å². The highest BCUT2D eigenvalue weighted by Crippen LogP contribution is 2.33.